The average molecular weight is 372 g/mol. The van der Waals surface area contributed by atoms with Gasteiger partial charge in [-0.15, -0.1) is 0 Å². The number of carbonyl (C=O) groups is 2. The van der Waals surface area contributed by atoms with Gasteiger partial charge in [0.25, 0.3) is 0 Å². The SMILES string of the molecule is CCOC(=O)c1cn(C)nc1N1CCN(C(=O)OCc2ccccc2)CC1. The minimum Gasteiger partial charge on any atom is -0.462 e. The van der Waals surface area contributed by atoms with Gasteiger partial charge in [-0.3, -0.25) is 4.68 Å². The Morgan fingerprint density at radius 1 is 1.07 bits per heavy atom. The van der Waals surface area contributed by atoms with E-state index in [1.54, 1.807) is 29.7 Å². The molecule has 144 valence electrons. The standard InChI is InChI=1S/C19H24N4O4/c1-3-26-18(24)16-13-21(2)20-17(16)22-9-11-23(12-10-22)19(25)27-14-15-7-5-4-6-8-15/h4-8,13H,3,9-12,14H2,1-2H3. The molecule has 8 heteroatoms. The van der Waals surface area contributed by atoms with E-state index in [9.17, 15) is 9.59 Å². The highest BCUT2D eigenvalue weighted by atomic mass is 16.6. The van der Waals surface area contributed by atoms with Gasteiger partial charge in [0.05, 0.1) is 6.61 Å². The fraction of sp³-hybridized carbons (Fsp3) is 0.421. The number of benzene rings is 1. The lowest BCUT2D eigenvalue weighted by Crippen LogP contribution is -2.49. The van der Waals surface area contributed by atoms with Crippen LogP contribution in [0.4, 0.5) is 10.6 Å². The van der Waals surface area contributed by atoms with Crippen LogP contribution in [-0.2, 0) is 23.1 Å². The quantitative estimate of drug-likeness (QED) is 0.748. The molecule has 0 N–H and O–H groups in total. The Morgan fingerprint density at radius 2 is 1.78 bits per heavy atom. The Morgan fingerprint density at radius 3 is 2.44 bits per heavy atom. The average Bonchev–Trinajstić information content (AvgIpc) is 3.09. The van der Waals surface area contributed by atoms with Crippen LogP contribution in [-0.4, -0.2) is 59.5 Å². The van der Waals surface area contributed by atoms with E-state index in [0.717, 1.165) is 5.56 Å². The highest BCUT2D eigenvalue weighted by molar-refractivity contribution is 5.94. The molecule has 1 saturated heterocycles. The molecule has 0 spiro atoms. The van der Waals surface area contributed by atoms with E-state index >= 15 is 0 Å². The minimum absolute atomic E-state index is 0.257. The van der Waals surface area contributed by atoms with E-state index in [1.807, 2.05) is 35.2 Å². The second kappa shape index (κ2) is 8.57. The summed E-state index contributed by atoms with van der Waals surface area (Å²) >= 11 is 0. The summed E-state index contributed by atoms with van der Waals surface area (Å²) in [6.07, 6.45) is 1.33. The molecule has 0 bridgehead atoms. The van der Waals surface area contributed by atoms with Crippen molar-refractivity contribution in [2.24, 2.45) is 7.05 Å². The van der Waals surface area contributed by atoms with E-state index in [-0.39, 0.29) is 18.7 Å². The van der Waals surface area contributed by atoms with Gasteiger partial charge in [-0.25, -0.2) is 9.59 Å². The number of hydrogen-bond acceptors (Lipinski definition) is 6. The van der Waals surface area contributed by atoms with Crippen LogP contribution in [0.3, 0.4) is 0 Å². The first-order chi connectivity index (χ1) is 13.1. The molecule has 8 nitrogen and oxygen atoms in total. The van der Waals surface area contributed by atoms with Crippen LogP contribution in [0.15, 0.2) is 36.5 Å². The number of hydrogen-bond donors (Lipinski definition) is 0. The molecule has 1 aromatic carbocycles. The van der Waals surface area contributed by atoms with Crippen LogP contribution >= 0.6 is 0 Å². The third-order valence-electron chi connectivity index (χ3n) is 4.35. The number of piperazine rings is 1. The normalized spacial score (nSPS) is 14.1. The van der Waals surface area contributed by atoms with Gasteiger partial charge in [0.15, 0.2) is 5.82 Å². The summed E-state index contributed by atoms with van der Waals surface area (Å²) in [7, 11) is 1.77. The number of carbonyl (C=O) groups excluding carboxylic acids is 2. The molecule has 0 radical (unpaired) electrons. The summed E-state index contributed by atoms with van der Waals surface area (Å²) in [6, 6.07) is 9.59. The number of esters is 1. The number of aryl methyl sites for hydroxylation is 1. The smallest absolute Gasteiger partial charge is 0.410 e. The topological polar surface area (TPSA) is 76.9 Å². The zero-order chi connectivity index (χ0) is 19.2. The molecule has 1 aliphatic rings. The van der Waals surface area contributed by atoms with Gasteiger partial charge in [0.2, 0.25) is 0 Å². The second-order valence-electron chi connectivity index (χ2n) is 6.27. The van der Waals surface area contributed by atoms with Crippen molar-refractivity contribution in [1.29, 1.82) is 0 Å². The molecule has 1 aliphatic heterocycles. The summed E-state index contributed by atoms with van der Waals surface area (Å²) in [5.41, 5.74) is 1.40. The lowest BCUT2D eigenvalue weighted by molar-refractivity contribution is 0.0526. The number of aromatic nitrogens is 2. The van der Waals surface area contributed by atoms with E-state index < -0.39 is 0 Å². The van der Waals surface area contributed by atoms with Crippen LogP contribution in [0.2, 0.25) is 0 Å². The Balaban J connectivity index is 1.56. The van der Waals surface area contributed by atoms with Crippen molar-refractivity contribution in [3.63, 3.8) is 0 Å². The van der Waals surface area contributed by atoms with E-state index in [4.69, 9.17) is 9.47 Å². The van der Waals surface area contributed by atoms with Crippen LogP contribution < -0.4 is 4.90 Å². The molecule has 1 amide bonds. The summed E-state index contributed by atoms with van der Waals surface area (Å²) in [4.78, 5) is 28.1. The lowest BCUT2D eigenvalue weighted by Gasteiger charge is -2.34. The first-order valence-corrected chi connectivity index (χ1v) is 9.00. The Labute approximate surface area is 158 Å². The van der Waals surface area contributed by atoms with Crippen molar-refractivity contribution < 1.29 is 19.1 Å². The van der Waals surface area contributed by atoms with E-state index in [1.165, 1.54) is 0 Å². The van der Waals surface area contributed by atoms with Gasteiger partial charge >= 0.3 is 12.1 Å². The lowest BCUT2D eigenvalue weighted by atomic mass is 10.2. The highest BCUT2D eigenvalue weighted by Gasteiger charge is 2.27. The van der Waals surface area contributed by atoms with Gasteiger partial charge in [-0.05, 0) is 12.5 Å². The van der Waals surface area contributed by atoms with Gasteiger partial charge in [0.1, 0.15) is 12.2 Å². The monoisotopic (exact) mass is 372 g/mol. The fourth-order valence-electron chi connectivity index (χ4n) is 2.97. The number of nitrogens with zero attached hydrogens (tertiary/aromatic N) is 4. The summed E-state index contributed by atoms with van der Waals surface area (Å²) in [5, 5.41) is 4.39. The van der Waals surface area contributed by atoms with Crippen molar-refractivity contribution in [2.75, 3.05) is 37.7 Å². The third kappa shape index (κ3) is 4.58. The van der Waals surface area contributed by atoms with Crippen LogP contribution in [0, 0.1) is 0 Å². The summed E-state index contributed by atoms with van der Waals surface area (Å²) in [6.45, 7) is 4.50. The Bertz CT molecular complexity index is 782. The number of ether oxygens (including phenoxy) is 2. The third-order valence-corrected chi connectivity index (χ3v) is 4.35. The zero-order valence-electron chi connectivity index (χ0n) is 15.6. The van der Waals surface area contributed by atoms with Crippen LogP contribution in [0.5, 0.6) is 0 Å². The van der Waals surface area contributed by atoms with Crippen molar-refractivity contribution >= 4 is 17.9 Å². The largest absolute Gasteiger partial charge is 0.462 e. The van der Waals surface area contributed by atoms with E-state index in [2.05, 4.69) is 5.10 Å². The van der Waals surface area contributed by atoms with Gasteiger partial charge in [-0.1, -0.05) is 30.3 Å². The predicted molar refractivity (Wildman–Crippen MR) is 99.6 cm³/mol. The molecule has 0 atom stereocenters. The maximum absolute atomic E-state index is 12.3. The van der Waals surface area contributed by atoms with E-state index in [0.29, 0.717) is 44.2 Å². The fourth-order valence-corrected chi connectivity index (χ4v) is 2.97. The predicted octanol–water partition coefficient (Wildman–Crippen LogP) is 2.06. The molecular weight excluding hydrogens is 348 g/mol. The highest BCUT2D eigenvalue weighted by Crippen LogP contribution is 2.21. The van der Waals surface area contributed by atoms with Crippen molar-refractivity contribution in [3.05, 3.63) is 47.7 Å². The maximum atomic E-state index is 12.3. The Kier molecular flexibility index (Phi) is 5.95. The summed E-state index contributed by atoms with van der Waals surface area (Å²) < 4.78 is 12.1. The molecule has 3 rings (SSSR count). The first-order valence-electron chi connectivity index (χ1n) is 9.00. The van der Waals surface area contributed by atoms with Crippen molar-refractivity contribution in [2.45, 2.75) is 13.5 Å². The maximum Gasteiger partial charge on any atom is 0.410 e. The minimum atomic E-state index is -0.384. The molecule has 0 unspecified atom stereocenters. The van der Waals surface area contributed by atoms with Crippen LogP contribution in [0.1, 0.15) is 22.8 Å². The molecule has 2 heterocycles. The molecule has 1 fully saturated rings. The zero-order valence-corrected chi connectivity index (χ0v) is 15.6. The number of amides is 1. The van der Waals surface area contributed by atoms with Gasteiger partial charge in [-0.2, -0.15) is 5.10 Å². The number of rotatable bonds is 5. The van der Waals surface area contributed by atoms with Gasteiger partial charge in [0, 0.05) is 39.4 Å². The number of anilines is 1. The van der Waals surface area contributed by atoms with Crippen LogP contribution in [0.25, 0.3) is 0 Å². The summed E-state index contributed by atoms with van der Waals surface area (Å²) in [5.74, 6) is 0.207. The molecule has 27 heavy (non-hydrogen) atoms. The molecule has 0 aliphatic carbocycles. The molecular formula is C19H24N4O4. The molecule has 0 saturated carbocycles. The second-order valence-corrected chi connectivity index (χ2v) is 6.27. The Hall–Kier alpha value is -3.03. The van der Waals surface area contributed by atoms with Crippen molar-refractivity contribution in [3.8, 4) is 0 Å². The molecule has 1 aromatic heterocycles. The van der Waals surface area contributed by atoms with Gasteiger partial charge < -0.3 is 19.3 Å². The first kappa shape index (κ1) is 18.8. The van der Waals surface area contributed by atoms with Crippen molar-refractivity contribution in [1.82, 2.24) is 14.7 Å². The molecule has 2 aromatic rings.